The second kappa shape index (κ2) is 10.8. The van der Waals surface area contributed by atoms with Gasteiger partial charge in [0.15, 0.2) is 5.96 Å². The van der Waals surface area contributed by atoms with Gasteiger partial charge in [0.2, 0.25) is 0 Å². The zero-order valence-electron chi connectivity index (χ0n) is 13.3. The molecule has 1 aromatic carbocycles. The highest BCUT2D eigenvalue weighted by Crippen LogP contribution is 2.04. The molecule has 0 atom stereocenters. The van der Waals surface area contributed by atoms with Crippen molar-refractivity contribution in [3.05, 3.63) is 35.4 Å². The Morgan fingerprint density at radius 1 is 1.27 bits per heavy atom. The Morgan fingerprint density at radius 2 is 1.95 bits per heavy atom. The van der Waals surface area contributed by atoms with E-state index in [1.807, 2.05) is 0 Å². The topological polar surface area (TPSA) is 62.9 Å². The lowest BCUT2D eigenvalue weighted by Crippen LogP contribution is -2.39. The molecule has 0 aromatic heterocycles. The molecule has 22 heavy (non-hydrogen) atoms. The van der Waals surface area contributed by atoms with Crippen LogP contribution < -0.4 is 11.1 Å². The van der Waals surface area contributed by atoms with Crippen LogP contribution in [0.4, 0.5) is 0 Å². The van der Waals surface area contributed by atoms with Crippen molar-refractivity contribution < 1.29 is 4.74 Å². The lowest BCUT2D eigenvalue weighted by Gasteiger charge is -2.26. The molecule has 1 heterocycles. The number of hydrogen-bond acceptors (Lipinski definition) is 3. The Balaban J connectivity index is 0.00000242. The van der Waals surface area contributed by atoms with Gasteiger partial charge in [0.1, 0.15) is 0 Å². The van der Waals surface area contributed by atoms with Crippen LogP contribution in [-0.4, -0.2) is 50.3 Å². The minimum Gasteiger partial charge on any atom is -0.379 e. The first-order valence-corrected chi connectivity index (χ1v) is 7.63. The maximum Gasteiger partial charge on any atom is 0.188 e. The highest BCUT2D eigenvalue weighted by molar-refractivity contribution is 14.0. The van der Waals surface area contributed by atoms with Crippen LogP contribution in [-0.2, 0) is 11.3 Å². The van der Waals surface area contributed by atoms with Crippen LogP contribution in [0.1, 0.15) is 17.5 Å². The monoisotopic (exact) mass is 418 g/mol. The van der Waals surface area contributed by atoms with Gasteiger partial charge in [-0.05, 0) is 25.5 Å². The largest absolute Gasteiger partial charge is 0.379 e. The molecule has 6 heteroatoms. The third kappa shape index (κ3) is 7.42. The van der Waals surface area contributed by atoms with Crippen LogP contribution in [0.2, 0.25) is 0 Å². The van der Waals surface area contributed by atoms with Gasteiger partial charge in [0, 0.05) is 19.6 Å². The lowest BCUT2D eigenvalue weighted by atomic mass is 10.1. The summed E-state index contributed by atoms with van der Waals surface area (Å²) in [6.45, 7) is 8.44. The van der Waals surface area contributed by atoms with E-state index in [9.17, 15) is 0 Å². The van der Waals surface area contributed by atoms with E-state index in [4.69, 9.17) is 10.5 Å². The van der Waals surface area contributed by atoms with Crippen LogP contribution in [0.5, 0.6) is 0 Å². The predicted molar refractivity (Wildman–Crippen MR) is 102 cm³/mol. The van der Waals surface area contributed by atoms with Gasteiger partial charge >= 0.3 is 0 Å². The summed E-state index contributed by atoms with van der Waals surface area (Å²) in [5.74, 6) is 0.526. The highest BCUT2D eigenvalue weighted by atomic mass is 127. The highest BCUT2D eigenvalue weighted by Gasteiger charge is 2.08. The van der Waals surface area contributed by atoms with Gasteiger partial charge in [0.25, 0.3) is 0 Å². The molecule has 5 nitrogen and oxygen atoms in total. The van der Waals surface area contributed by atoms with Gasteiger partial charge in [0.05, 0.1) is 19.8 Å². The van der Waals surface area contributed by atoms with E-state index in [-0.39, 0.29) is 24.0 Å². The summed E-state index contributed by atoms with van der Waals surface area (Å²) < 4.78 is 5.33. The van der Waals surface area contributed by atoms with E-state index >= 15 is 0 Å². The molecule has 1 aromatic rings. The van der Waals surface area contributed by atoms with E-state index in [2.05, 4.69) is 46.4 Å². The fourth-order valence-electron chi connectivity index (χ4n) is 2.27. The number of nitrogens with one attached hydrogen (secondary N) is 1. The number of nitrogens with two attached hydrogens (primary N) is 1. The molecule has 1 aliphatic heterocycles. The Hall–Kier alpha value is -0.860. The molecule has 124 valence electrons. The number of ether oxygens (including phenoxy) is 1. The van der Waals surface area contributed by atoms with Crippen LogP contribution in [0.3, 0.4) is 0 Å². The van der Waals surface area contributed by atoms with Gasteiger partial charge in [-0.2, -0.15) is 0 Å². The summed E-state index contributed by atoms with van der Waals surface area (Å²) in [6, 6.07) is 8.36. The van der Waals surface area contributed by atoms with Crippen molar-refractivity contribution >= 4 is 29.9 Å². The molecule has 1 aliphatic rings. The molecule has 0 spiro atoms. The maximum atomic E-state index is 5.88. The van der Waals surface area contributed by atoms with Crippen LogP contribution in [0, 0.1) is 6.92 Å². The minimum absolute atomic E-state index is 0. The number of hydrogen-bond donors (Lipinski definition) is 2. The number of halogens is 1. The van der Waals surface area contributed by atoms with E-state index in [0.29, 0.717) is 12.5 Å². The van der Waals surface area contributed by atoms with Crippen LogP contribution >= 0.6 is 24.0 Å². The van der Waals surface area contributed by atoms with Crippen molar-refractivity contribution in [1.29, 1.82) is 0 Å². The van der Waals surface area contributed by atoms with Crippen molar-refractivity contribution in [3.8, 4) is 0 Å². The fourth-order valence-corrected chi connectivity index (χ4v) is 2.27. The molecular weight excluding hydrogens is 391 g/mol. The van der Waals surface area contributed by atoms with Crippen LogP contribution in [0.25, 0.3) is 0 Å². The van der Waals surface area contributed by atoms with Gasteiger partial charge < -0.3 is 15.8 Å². The Kier molecular flexibility index (Phi) is 9.42. The summed E-state index contributed by atoms with van der Waals surface area (Å²) >= 11 is 0. The second-order valence-corrected chi connectivity index (χ2v) is 5.42. The first-order valence-electron chi connectivity index (χ1n) is 7.63. The lowest BCUT2D eigenvalue weighted by molar-refractivity contribution is 0.0376. The Bertz CT molecular complexity index is 444. The van der Waals surface area contributed by atoms with E-state index < -0.39 is 0 Å². The van der Waals surface area contributed by atoms with Crippen molar-refractivity contribution in [2.45, 2.75) is 19.9 Å². The number of guanidine groups is 1. The molecule has 0 amide bonds. The number of morpholine rings is 1. The van der Waals surface area contributed by atoms with Crippen molar-refractivity contribution in [2.75, 3.05) is 39.4 Å². The van der Waals surface area contributed by atoms with Gasteiger partial charge in [-0.3, -0.25) is 4.90 Å². The number of aryl methyl sites for hydroxylation is 1. The number of aliphatic imine (C=N–C) groups is 1. The normalized spacial score (nSPS) is 16.1. The molecule has 1 fully saturated rings. The number of rotatable bonds is 6. The van der Waals surface area contributed by atoms with Gasteiger partial charge in [-0.15, -0.1) is 24.0 Å². The summed E-state index contributed by atoms with van der Waals surface area (Å²) in [4.78, 5) is 6.78. The Labute approximate surface area is 150 Å². The van der Waals surface area contributed by atoms with Crippen LogP contribution in [0.15, 0.2) is 29.3 Å². The molecule has 3 N–H and O–H groups in total. The third-order valence-electron chi connectivity index (χ3n) is 3.61. The summed E-state index contributed by atoms with van der Waals surface area (Å²) in [7, 11) is 0. The molecule has 0 aliphatic carbocycles. The summed E-state index contributed by atoms with van der Waals surface area (Å²) in [5.41, 5.74) is 8.32. The average Bonchev–Trinajstić information content (AvgIpc) is 2.52. The van der Waals surface area contributed by atoms with Crippen molar-refractivity contribution in [1.82, 2.24) is 10.2 Å². The number of benzene rings is 1. The molecule has 2 rings (SSSR count). The van der Waals surface area contributed by atoms with E-state index in [1.165, 1.54) is 11.1 Å². The SMILES string of the molecule is Cc1ccc(CN=C(N)NCCCN2CCOCC2)cc1.I. The Morgan fingerprint density at radius 3 is 2.64 bits per heavy atom. The quantitative estimate of drug-likeness (QED) is 0.320. The van der Waals surface area contributed by atoms with Crippen molar-refractivity contribution in [3.63, 3.8) is 0 Å². The number of nitrogens with zero attached hydrogens (tertiary/aromatic N) is 2. The zero-order chi connectivity index (χ0) is 14.9. The van der Waals surface area contributed by atoms with Gasteiger partial charge in [-0.25, -0.2) is 4.99 Å². The van der Waals surface area contributed by atoms with E-state index in [1.54, 1.807) is 0 Å². The minimum atomic E-state index is 0. The summed E-state index contributed by atoms with van der Waals surface area (Å²) in [6.07, 6.45) is 1.07. The van der Waals surface area contributed by atoms with E-state index in [0.717, 1.165) is 45.8 Å². The molecule has 0 unspecified atom stereocenters. The molecule has 0 saturated carbocycles. The average molecular weight is 418 g/mol. The fraction of sp³-hybridized carbons (Fsp3) is 0.562. The molecular formula is C16H27IN4O. The summed E-state index contributed by atoms with van der Waals surface area (Å²) in [5, 5.41) is 3.17. The predicted octanol–water partition coefficient (Wildman–Crippen LogP) is 1.74. The van der Waals surface area contributed by atoms with Crippen molar-refractivity contribution in [2.24, 2.45) is 10.7 Å². The molecule has 0 radical (unpaired) electrons. The molecule has 0 bridgehead atoms. The first kappa shape index (κ1) is 19.2. The second-order valence-electron chi connectivity index (χ2n) is 5.42. The molecule has 1 saturated heterocycles. The third-order valence-corrected chi connectivity index (χ3v) is 3.61. The standard InChI is InChI=1S/C16H26N4O.HI/c1-14-3-5-15(6-4-14)13-19-16(17)18-7-2-8-20-9-11-21-12-10-20;/h3-6H,2,7-13H2,1H3,(H3,17,18,19);1H. The maximum absolute atomic E-state index is 5.88. The van der Waals surface area contributed by atoms with Gasteiger partial charge in [-0.1, -0.05) is 29.8 Å². The zero-order valence-corrected chi connectivity index (χ0v) is 15.6. The smallest absolute Gasteiger partial charge is 0.188 e. The first-order chi connectivity index (χ1) is 10.2.